The molecule has 2 amide bonds. The van der Waals surface area contributed by atoms with Crippen LogP contribution in [0.4, 0.5) is 4.79 Å². The van der Waals surface area contributed by atoms with Crippen LogP contribution in [0.1, 0.15) is 35.5 Å². The van der Waals surface area contributed by atoms with E-state index in [1.807, 2.05) is 67.8 Å². The number of carbonyl (C=O) groups excluding carboxylic acids is 1. The summed E-state index contributed by atoms with van der Waals surface area (Å²) in [5, 5.41) is 9.90. The molecule has 8 heteroatoms. The van der Waals surface area contributed by atoms with Gasteiger partial charge in [0.1, 0.15) is 0 Å². The second-order valence-electron chi connectivity index (χ2n) is 7.91. The molecule has 0 bridgehead atoms. The average molecular weight is 477 g/mol. The van der Waals surface area contributed by atoms with Gasteiger partial charge in [-0.3, -0.25) is 4.90 Å². The van der Waals surface area contributed by atoms with Crippen LogP contribution in [0.15, 0.2) is 76.3 Å². The van der Waals surface area contributed by atoms with Gasteiger partial charge in [0.15, 0.2) is 0 Å². The number of aryl methyl sites for hydroxylation is 1. The number of aromatic nitrogens is 2. The maximum atomic E-state index is 13.2. The van der Waals surface area contributed by atoms with Crippen LogP contribution in [-0.4, -0.2) is 21.1 Å². The molecule has 0 fully saturated rings. The number of rotatable bonds is 5. The fourth-order valence-electron chi connectivity index (χ4n) is 3.87. The molecule has 166 valence electrons. The molecule has 2 aromatic heterocycles. The summed E-state index contributed by atoms with van der Waals surface area (Å²) in [5.41, 5.74) is 4.61. The third-order valence-corrected chi connectivity index (χ3v) is 6.78. The molecule has 0 spiro atoms. The molecule has 0 aliphatic carbocycles. The van der Waals surface area contributed by atoms with E-state index in [2.05, 4.69) is 15.5 Å². The number of carbonyl (C=O) groups is 1. The van der Waals surface area contributed by atoms with Gasteiger partial charge in [-0.05, 0) is 48.6 Å². The first-order valence-electron chi connectivity index (χ1n) is 10.5. The second kappa shape index (κ2) is 8.84. The molecular weight excluding hydrogens is 456 g/mol. The fraction of sp³-hybridized carbons (Fsp3) is 0.160. The van der Waals surface area contributed by atoms with E-state index < -0.39 is 6.04 Å². The number of nitrogens with one attached hydrogen (secondary N) is 1. The predicted octanol–water partition coefficient (Wildman–Crippen LogP) is 6.46. The van der Waals surface area contributed by atoms with Gasteiger partial charge in [-0.1, -0.05) is 64.8 Å². The summed E-state index contributed by atoms with van der Waals surface area (Å²) < 4.78 is 5.71. The summed E-state index contributed by atoms with van der Waals surface area (Å²) in [7, 11) is 0. The molecule has 1 N–H and O–H groups in total. The monoisotopic (exact) mass is 476 g/mol. The van der Waals surface area contributed by atoms with E-state index in [0.29, 0.717) is 23.3 Å². The van der Waals surface area contributed by atoms with Gasteiger partial charge in [-0.15, -0.1) is 11.3 Å². The lowest BCUT2D eigenvalue weighted by Gasteiger charge is -2.35. The molecular formula is C25H21ClN4O2S. The van der Waals surface area contributed by atoms with Crippen molar-refractivity contribution < 1.29 is 9.32 Å². The zero-order chi connectivity index (χ0) is 22.9. The van der Waals surface area contributed by atoms with Gasteiger partial charge in [0.2, 0.25) is 5.82 Å². The standard InChI is InChI=1S/C25H21ClN4O2S/c1-15-5-7-17(8-6-15)14-30-16(2)21(24-28-23(29-32-24)20-4-3-13-33-20)22(27-25(30)31)18-9-11-19(26)12-10-18/h3-13,22H,14H2,1-2H3,(H,27,31). The Morgan fingerprint density at radius 2 is 1.85 bits per heavy atom. The molecule has 5 rings (SSSR count). The van der Waals surface area contributed by atoms with Gasteiger partial charge >= 0.3 is 6.03 Å². The van der Waals surface area contributed by atoms with Crippen molar-refractivity contribution in [2.45, 2.75) is 26.4 Å². The van der Waals surface area contributed by atoms with Crippen LogP contribution in [0.25, 0.3) is 16.3 Å². The highest BCUT2D eigenvalue weighted by Gasteiger charge is 2.35. The molecule has 0 radical (unpaired) electrons. The van der Waals surface area contributed by atoms with Crippen molar-refractivity contribution in [2.75, 3.05) is 0 Å². The van der Waals surface area contributed by atoms with Crippen molar-refractivity contribution >= 4 is 34.5 Å². The Morgan fingerprint density at radius 1 is 1.09 bits per heavy atom. The molecule has 1 unspecified atom stereocenters. The Labute approximate surface area is 200 Å². The van der Waals surface area contributed by atoms with Crippen LogP contribution in [0.2, 0.25) is 5.02 Å². The maximum Gasteiger partial charge on any atom is 0.322 e. The number of thiophene rings is 1. The van der Waals surface area contributed by atoms with Crippen LogP contribution in [0, 0.1) is 6.92 Å². The number of benzene rings is 2. The summed E-state index contributed by atoms with van der Waals surface area (Å²) in [6.07, 6.45) is 0. The second-order valence-corrected chi connectivity index (χ2v) is 9.29. The van der Waals surface area contributed by atoms with E-state index in [1.54, 1.807) is 28.4 Å². The molecule has 1 aliphatic heterocycles. The lowest BCUT2D eigenvalue weighted by molar-refractivity contribution is 0.203. The molecule has 3 heterocycles. The van der Waals surface area contributed by atoms with Crippen LogP contribution in [-0.2, 0) is 6.54 Å². The maximum absolute atomic E-state index is 13.2. The lowest BCUT2D eigenvalue weighted by Crippen LogP contribution is -2.45. The van der Waals surface area contributed by atoms with E-state index in [4.69, 9.17) is 16.1 Å². The van der Waals surface area contributed by atoms with E-state index >= 15 is 0 Å². The first kappa shape index (κ1) is 21.4. The summed E-state index contributed by atoms with van der Waals surface area (Å²) in [4.78, 5) is 20.5. The van der Waals surface area contributed by atoms with Crippen LogP contribution < -0.4 is 5.32 Å². The van der Waals surface area contributed by atoms with E-state index in [0.717, 1.165) is 27.3 Å². The van der Waals surface area contributed by atoms with Gasteiger partial charge in [-0.25, -0.2) is 4.79 Å². The molecule has 0 saturated heterocycles. The van der Waals surface area contributed by atoms with Gasteiger partial charge < -0.3 is 9.84 Å². The highest BCUT2D eigenvalue weighted by Crippen LogP contribution is 2.38. The summed E-state index contributed by atoms with van der Waals surface area (Å²) in [5.74, 6) is 0.905. The Bertz CT molecular complexity index is 1310. The first-order valence-corrected chi connectivity index (χ1v) is 11.7. The van der Waals surface area contributed by atoms with Crippen molar-refractivity contribution in [1.29, 1.82) is 0 Å². The number of halogens is 1. The minimum Gasteiger partial charge on any atom is -0.334 e. The number of nitrogens with zero attached hydrogens (tertiary/aromatic N) is 3. The van der Waals surface area contributed by atoms with Gasteiger partial charge in [0.05, 0.1) is 23.0 Å². The summed E-state index contributed by atoms with van der Waals surface area (Å²) in [6.45, 7) is 4.39. The third-order valence-electron chi connectivity index (χ3n) is 5.66. The summed E-state index contributed by atoms with van der Waals surface area (Å²) in [6, 6.07) is 18.8. The molecule has 1 atom stereocenters. The van der Waals surface area contributed by atoms with E-state index in [-0.39, 0.29) is 6.03 Å². The molecule has 33 heavy (non-hydrogen) atoms. The smallest absolute Gasteiger partial charge is 0.322 e. The molecule has 2 aromatic carbocycles. The number of allylic oxidation sites excluding steroid dienone is 1. The molecule has 1 aliphatic rings. The van der Waals surface area contributed by atoms with Gasteiger partial charge in [0, 0.05) is 10.7 Å². The number of urea groups is 1. The fourth-order valence-corrected chi connectivity index (χ4v) is 4.64. The van der Waals surface area contributed by atoms with Crippen molar-refractivity contribution in [2.24, 2.45) is 0 Å². The third kappa shape index (κ3) is 4.29. The van der Waals surface area contributed by atoms with E-state index in [1.165, 1.54) is 5.56 Å². The Hall–Kier alpha value is -3.42. The van der Waals surface area contributed by atoms with Crippen molar-refractivity contribution in [3.63, 3.8) is 0 Å². The van der Waals surface area contributed by atoms with Crippen LogP contribution in [0.5, 0.6) is 0 Å². The number of hydrogen-bond donors (Lipinski definition) is 1. The predicted molar refractivity (Wildman–Crippen MR) is 130 cm³/mol. The SMILES string of the molecule is CC1=C(c2nc(-c3cccs3)no2)C(c2ccc(Cl)cc2)NC(=O)N1Cc1ccc(C)cc1. The zero-order valence-corrected chi connectivity index (χ0v) is 19.7. The molecule has 6 nitrogen and oxygen atoms in total. The van der Waals surface area contributed by atoms with E-state index in [9.17, 15) is 4.79 Å². The van der Waals surface area contributed by atoms with Crippen molar-refractivity contribution in [1.82, 2.24) is 20.4 Å². The Balaban J connectivity index is 1.59. The largest absolute Gasteiger partial charge is 0.334 e. The number of amides is 2. The highest BCUT2D eigenvalue weighted by molar-refractivity contribution is 7.13. The van der Waals surface area contributed by atoms with Gasteiger partial charge in [0.25, 0.3) is 5.89 Å². The van der Waals surface area contributed by atoms with Crippen molar-refractivity contribution in [3.8, 4) is 10.7 Å². The Morgan fingerprint density at radius 3 is 2.55 bits per heavy atom. The van der Waals surface area contributed by atoms with Crippen LogP contribution >= 0.6 is 22.9 Å². The summed E-state index contributed by atoms with van der Waals surface area (Å²) >= 11 is 7.64. The first-order chi connectivity index (χ1) is 16.0. The topological polar surface area (TPSA) is 71.3 Å². The quantitative estimate of drug-likeness (QED) is 0.359. The minimum atomic E-state index is -0.444. The zero-order valence-electron chi connectivity index (χ0n) is 18.1. The molecule has 0 saturated carbocycles. The van der Waals surface area contributed by atoms with Crippen LogP contribution in [0.3, 0.4) is 0 Å². The normalized spacial score (nSPS) is 16.3. The minimum absolute atomic E-state index is 0.185. The lowest BCUT2D eigenvalue weighted by atomic mass is 9.94. The molecule has 4 aromatic rings. The van der Waals surface area contributed by atoms with Crippen molar-refractivity contribution in [3.05, 3.63) is 99.3 Å². The number of hydrogen-bond acceptors (Lipinski definition) is 5. The average Bonchev–Trinajstić information content (AvgIpc) is 3.50. The Kier molecular flexibility index (Phi) is 5.74. The van der Waals surface area contributed by atoms with Gasteiger partial charge in [-0.2, -0.15) is 4.98 Å². The highest BCUT2D eigenvalue weighted by atomic mass is 35.5.